The molecule has 2 aromatic rings. The van der Waals surface area contributed by atoms with Crippen molar-refractivity contribution in [1.29, 1.82) is 0 Å². The number of hydrogen-bond donors (Lipinski definition) is 0. The summed E-state index contributed by atoms with van der Waals surface area (Å²) in [5.74, 6) is 0. The van der Waals surface area contributed by atoms with E-state index in [1.807, 2.05) is 19.2 Å². The van der Waals surface area contributed by atoms with Crippen molar-refractivity contribution in [2.24, 2.45) is 0 Å². The molecule has 108 valence electrons. The molecule has 0 aromatic carbocycles. The standard InChI is InChI=1S/C14H18N4O.BrH/c1-10-8-12-13(15-9-10)19-14(16-12)18-7-6-17-4-2-11(18)3-5-17;/h8-9,11H,2-7H2,1H3;1H. The predicted octanol–water partition coefficient (Wildman–Crippen LogP) is 2.39. The van der Waals surface area contributed by atoms with Crippen LogP contribution < -0.4 is 4.90 Å². The second kappa shape index (κ2) is 5.33. The van der Waals surface area contributed by atoms with E-state index in [9.17, 15) is 0 Å². The van der Waals surface area contributed by atoms with Gasteiger partial charge in [-0.15, -0.1) is 17.0 Å². The monoisotopic (exact) mass is 338 g/mol. The number of oxazole rings is 1. The van der Waals surface area contributed by atoms with Gasteiger partial charge in [0.1, 0.15) is 5.52 Å². The van der Waals surface area contributed by atoms with Crippen molar-refractivity contribution in [1.82, 2.24) is 14.9 Å². The number of halogens is 1. The number of fused-ring (bicyclic) bond motifs is 5. The summed E-state index contributed by atoms with van der Waals surface area (Å²) in [4.78, 5) is 13.8. The van der Waals surface area contributed by atoms with Gasteiger partial charge in [0.15, 0.2) is 0 Å². The number of piperidine rings is 1. The summed E-state index contributed by atoms with van der Waals surface area (Å²) in [5, 5.41) is 0. The van der Waals surface area contributed by atoms with Crippen LogP contribution in [0.5, 0.6) is 0 Å². The second-order valence-electron chi connectivity index (χ2n) is 5.60. The smallest absolute Gasteiger partial charge is 0.300 e. The molecule has 2 aromatic heterocycles. The predicted molar refractivity (Wildman–Crippen MR) is 83.7 cm³/mol. The maximum Gasteiger partial charge on any atom is 0.300 e. The highest BCUT2D eigenvalue weighted by Crippen LogP contribution is 2.28. The average Bonchev–Trinajstić information content (AvgIpc) is 2.61. The van der Waals surface area contributed by atoms with E-state index in [0.29, 0.717) is 11.8 Å². The molecule has 3 saturated heterocycles. The molecule has 20 heavy (non-hydrogen) atoms. The Kier molecular flexibility index (Phi) is 3.69. The minimum Gasteiger partial charge on any atom is -0.404 e. The van der Waals surface area contributed by atoms with Gasteiger partial charge in [0, 0.05) is 38.4 Å². The van der Waals surface area contributed by atoms with E-state index in [1.165, 1.54) is 25.9 Å². The number of pyridine rings is 1. The summed E-state index contributed by atoms with van der Waals surface area (Å²) >= 11 is 0. The SMILES string of the molecule is Br.Cc1cnc2oc(N3CCN4CCC3CC4)nc2c1. The van der Waals surface area contributed by atoms with Crippen LogP contribution in [0.4, 0.5) is 6.01 Å². The molecule has 0 unspecified atom stereocenters. The van der Waals surface area contributed by atoms with Crippen LogP contribution >= 0.6 is 17.0 Å². The maximum absolute atomic E-state index is 5.85. The Morgan fingerprint density at radius 2 is 2.00 bits per heavy atom. The highest BCUT2D eigenvalue weighted by Gasteiger charge is 2.31. The molecular weight excluding hydrogens is 320 g/mol. The molecule has 0 radical (unpaired) electrons. The first-order chi connectivity index (χ1) is 9.29. The van der Waals surface area contributed by atoms with Crippen LogP contribution in [0.25, 0.3) is 11.2 Å². The van der Waals surface area contributed by atoms with E-state index in [2.05, 4.69) is 19.8 Å². The van der Waals surface area contributed by atoms with Gasteiger partial charge in [-0.25, -0.2) is 4.98 Å². The number of aryl methyl sites for hydroxylation is 1. The third kappa shape index (κ3) is 2.31. The van der Waals surface area contributed by atoms with E-state index in [0.717, 1.165) is 30.2 Å². The fourth-order valence-electron chi connectivity index (χ4n) is 3.17. The lowest BCUT2D eigenvalue weighted by Gasteiger charge is -2.30. The Labute approximate surface area is 128 Å². The van der Waals surface area contributed by atoms with Crippen molar-refractivity contribution < 1.29 is 4.42 Å². The first kappa shape index (κ1) is 13.8. The zero-order valence-corrected chi connectivity index (χ0v) is 13.3. The average molecular weight is 339 g/mol. The first-order valence-electron chi connectivity index (χ1n) is 7.02. The summed E-state index contributed by atoms with van der Waals surface area (Å²) in [5.41, 5.74) is 2.64. The molecule has 3 aliphatic heterocycles. The molecule has 5 nitrogen and oxygen atoms in total. The van der Waals surface area contributed by atoms with E-state index in [1.54, 1.807) is 0 Å². The Balaban J connectivity index is 0.00000121. The number of aromatic nitrogens is 2. The number of rotatable bonds is 1. The summed E-state index contributed by atoms with van der Waals surface area (Å²) in [6.07, 6.45) is 4.26. The molecule has 0 atom stereocenters. The molecule has 6 heteroatoms. The summed E-state index contributed by atoms with van der Waals surface area (Å²) < 4.78 is 5.85. The lowest BCUT2D eigenvalue weighted by atomic mass is 10.1. The third-order valence-electron chi connectivity index (χ3n) is 4.27. The lowest BCUT2D eigenvalue weighted by molar-refractivity contribution is 0.249. The van der Waals surface area contributed by atoms with Crippen molar-refractivity contribution in [3.05, 3.63) is 17.8 Å². The molecule has 0 saturated carbocycles. The van der Waals surface area contributed by atoms with E-state index >= 15 is 0 Å². The van der Waals surface area contributed by atoms with Gasteiger partial charge in [-0.2, -0.15) is 4.98 Å². The summed E-state index contributed by atoms with van der Waals surface area (Å²) in [6.45, 7) is 6.57. The fraction of sp³-hybridized carbons (Fsp3) is 0.571. The molecular formula is C14H19BrN4O. The molecule has 2 bridgehead atoms. The number of anilines is 1. The van der Waals surface area contributed by atoms with Gasteiger partial charge in [-0.3, -0.25) is 0 Å². The van der Waals surface area contributed by atoms with Crippen LogP contribution in [0, 0.1) is 6.92 Å². The molecule has 3 fully saturated rings. The van der Waals surface area contributed by atoms with E-state index < -0.39 is 0 Å². The Hall–Kier alpha value is -1.14. The van der Waals surface area contributed by atoms with Gasteiger partial charge in [0.2, 0.25) is 5.71 Å². The van der Waals surface area contributed by atoms with Gasteiger partial charge in [-0.05, 0) is 31.4 Å². The van der Waals surface area contributed by atoms with Gasteiger partial charge >= 0.3 is 0 Å². The topological polar surface area (TPSA) is 45.4 Å². The Morgan fingerprint density at radius 1 is 1.20 bits per heavy atom. The Morgan fingerprint density at radius 3 is 2.80 bits per heavy atom. The summed E-state index contributed by atoms with van der Waals surface area (Å²) in [7, 11) is 0. The molecule has 5 rings (SSSR count). The molecule has 0 amide bonds. The second-order valence-corrected chi connectivity index (χ2v) is 5.60. The highest BCUT2D eigenvalue weighted by molar-refractivity contribution is 8.93. The fourth-order valence-corrected chi connectivity index (χ4v) is 3.17. The van der Waals surface area contributed by atoms with Crippen LogP contribution in [0.3, 0.4) is 0 Å². The number of hydrogen-bond acceptors (Lipinski definition) is 5. The summed E-state index contributed by atoms with van der Waals surface area (Å²) in [6, 6.07) is 3.36. The molecule has 0 N–H and O–H groups in total. The molecule has 3 aliphatic rings. The van der Waals surface area contributed by atoms with Gasteiger partial charge in [0.05, 0.1) is 0 Å². The van der Waals surface area contributed by atoms with E-state index in [-0.39, 0.29) is 17.0 Å². The molecule has 0 aliphatic carbocycles. The van der Waals surface area contributed by atoms with Crippen LogP contribution in [0.2, 0.25) is 0 Å². The minimum absolute atomic E-state index is 0. The first-order valence-corrected chi connectivity index (χ1v) is 7.02. The van der Waals surface area contributed by atoms with Crippen LogP contribution in [-0.4, -0.2) is 47.1 Å². The van der Waals surface area contributed by atoms with Crippen molar-refractivity contribution in [2.45, 2.75) is 25.8 Å². The normalized spacial score (nSPS) is 25.6. The van der Waals surface area contributed by atoms with Crippen molar-refractivity contribution in [3.8, 4) is 0 Å². The number of nitrogens with zero attached hydrogens (tertiary/aromatic N) is 4. The van der Waals surface area contributed by atoms with Crippen molar-refractivity contribution in [2.75, 3.05) is 31.1 Å². The maximum atomic E-state index is 5.85. The Bertz CT molecular complexity index is 606. The third-order valence-corrected chi connectivity index (χ3v) is 4.27. The van der Waals surface area contributed by atoms with Crippen molar-refractivity contribution in [3.63, 3.8) is 0 Å². The highest BCUT2D eigenvalue weighted by atomic mass is 79.9. The van der Waals surface area contributed by atoms with Crippen LogP contribution in [-0.2, 0) is 0 Å². The molecule has 5 heterocycles. The quantitative estimate of drug-likeness (QED) is 0.798. The zero-order valence-electron chi connectivity index (χ0n) is 11.6. The lowest BCUT2D eigenvalue weighted by Crippen LogP contribution is -2.38. The van der Waals surface area contributed by atoms with Crippen LogP contribution in [0.1, 0.15) is 18.4 Å². The van der Waals surface area contributed by atoms with Crippen molar-refractivity contribution >= 4 is 34.2 Å². The van der Waals surface area contributed by atoms with Gasteiger partial charge in [0.25, 0.3) is 6.01 Å². The minimum atomic E-state index is 0. The molecule has 0 spiro atoms. The largest absolute Gasteiger partial charge is 0.404 e. The van der Waals surface area contributed by atoms with Crippen LogP contribution in [0.15, 0.2) is 16.7 Å². The van der Waals surface area contributed by atoms with E-state index in [4.69, 9.17) is 4.42 Å². The van der Waals surface area contributed by atoms with Gasteiger partial charge in [-0.1, -0.05) is 0 Å². The zero-order chi connectivity index (χ0) is 12.8. The van der Waals surface area contributed by atoms with Gasteiger partial charge < -0.3 is 14.2 Å².